The van der Waals surface area contributed by atoms with E-state index in [1.54, 1.807) is 54.9 Å². The first-order chi connectivity index (χ1) is 16.5. The van der Waals surface area contributed by atoms with Gasteiger partial charge >= 0.3 is 6.09 Å². The average molecular weight is 480 g/mol. The Morgan fingerprint density at radius 2 is 1.82 bits per heavy atom. The van der Waals surface area contributed by atoms with Gasteiger partial charge in [0.15, 0.2) is 5.78 Å². The molecule has 0 unspecified atom stereocenters. The highest BCUT2D eigenvalue weighted by Crippen LogP contribution is 2.30. The van der Waals surface area contributed by atoms with Gasteiger partial charge in [-0.3, -0.25) is 15.2 Å². The summed E-state index contributed by atoms with van der Waals surface area (Å²) in [6.45, 7) is 1.50. The number of halogens is 1. The number of hydrogen-bond donors (Lipinski definition) is 2. The van der Waals surface area contributed by atoms with Crippen molar-refractivity contribution in [3.8, 4) is 0 Å². The maximum atomic E-state index is 13.3. The van der Waals surface area contributed by atoms with E-state index in [9.17, 15) is 9.59 Å². The Morgan fingerprint density at radius 1 is 1.12 bits per heavy atom. The molecule has 2 heterocycles. The molecule has 1 fully saturated rings. The molecule has 4 rings (SSSR count). The van der Waals surface area contributed by atoms with E-state index in [2.05, 4.69) is 15.3 Å². The maximum Gasteiger partial charge on any atom is 0.428 e. The van der Waals surface area contributed by atoms with Gasteiger partial charge in [0.1, 0.15) is 0 Å². The third kappa shape index (κ3) is 5.07. The average Bonchev–Trinajstić information content (AvgIpc) is 2.87. The van der Waals surface area contributed by atoms with E-state index in [0.717, 1.165) is 18.8 Å². The summed E-state index contributed by atoms with van der Waals surface area (Å²) in [6, 6.07) is 15.5. The van der Waals surface area contributed by atoms with Gasteiger partial charge in [-0.2, -0.15) is 0 Å². The first kappa shape index (κ1) is 23.4. The number of methoxy groups -OCH3 is 1. The molecular weight excluding hydrogens is 454 g/mol. The number of nitrogens with zero attached hydrogens (tertiary/aromatic N) is 3. The molecule has 0 bridgehead atoms. The lowest BCUT2D eigenvalue weighted by molar-refractivity contribution is 0.103. The monoisotopic (exact) mass is 479 g/mol. The quantitative estimate of drug-likeness (QED) is 0.302. The number of para-hydroxylation sites is 1. The molecule has 1 aliphatic heterocycles. The molecule has 8 nitrogen and oxygen atoms in total. The molecule has 1 aliphatic rings. The number of hydrogen-bond acceptors (Lipinski definition) is 7. The number of carbonyl (C=O) groups excluding carboxylic acids is 2. The van der Waals surface area contributed by atoms with E-state index in [1.165, 1.54) is 12.1 Å². The van der Waals surface area contributed by atoms with Crippen molar-refractivity contribution in [2.75, 3.05) is 36.3 Å². The van der Waals surface area contributed by atoms with Gasteiger partial charge in [0, 0.05) is 47.3 Å². The van der Waals surface area contributed by atoms with E-state index in [0.29, 0.717) is 40.4 Å². The number of benzene rings is 2. The highest BCUT2D eigenvalue weighted by atomic mass is 35.5. The van der Waals surface area contributed by atoms with Crippen molar-refractivity contribution < 1.29 is 14.3 Å². The third-order valence-corrected chi connectivity index (χ3v) is 6.12. The first-order valence-corrected chi connectivity index (χ1v) is 11.3. The molecule has 34 heavy (non-hydrogen) atoms. The number of nitrogen functional groups attached to an aromatic ring is 1. The molecule has 9 heteroatoms. The van der Waals surface area contributed by atoms with E-state index in [1.807, 2.05) is 12.1 Å². The second kappa shape index (κ2) is 10.4. The number of pyridine rings is 1. The Labute approximate surface area is 203 Å². The number of ether oxygens (including phenoxy) is 1. The molecule has 0 radical (unpaired) electrons. The van der Waals surface area contributed by atoms with E-state index >= 15 is 0 Å². The molecule has 3 aromatic rings. The van der Waals surface area contributed by atoms with E-state index in [-0.39, 0.29) is 11.8 Å². The van der Waals surface area contributed by atoms with Gasteiger partial charge in [0.25, 0.3) is 0 Å². The number of hydrazine groups is 1. The molecule has 1 amide bonds. The van der Waals surface area contributed by atoms with E-state index in [4.69, 9.17) is 22.1 Å². The number of aromatic nitrogens is 1. The van der Waals surface area contributed by atoms with Crippen LogP contribution in [0.2, 0.25) is 5.02 Å². The van der Waals surface area contributed by atoms with Crippen molar-refractivity contribution in [1.29, 1.82) is 0 Å². The largest absolute Gasteiger partial charge is 0.452 e. The van der Waals surface area contributed by atoms with Crippen molar-refractivity contribution in [2.24, 2.45) is 0 Å². The van der Waals surface area contributed by atoms with Crippen LogP contribution in [-0.4, -0.2) is 48.1 Å². The lowest BCUT2D eigenvalue weighted by Gasteiger charge is -2.39. The molecule has 0 spiro atoms. The van der Waals surface area contributed by atoms with Crippen LogP contribution in [0.3, 0.4) is 0 Å². The standard InChI is InChI=1S/C25H26ClN5O3/c1-34-25(33)31(20-10-14-30(15-11-20)19-8-12-28-13-9-19)29-23-21(6-3-7-22(23)27)24(32)17-4-2-5-18(26)16-17/h2-9,12-13,16,20,29H,10-11,14-15,27H2,1H3. The summed E-state index contributed by atoms with van der Waals surface area (Å²) in [5, 5.41) is 1.89. The smallest absolute Gasteiger partial charge is 0.428 e. The zero-order chi connectivity index (χ0) is 24.1. The number of piperidine rings is 1. The molecule has 0 atom stereocenters. The van der Waals surface area contributed by atoms with Gasteiger partial charge in [-0.05, 0) is 49.2 Å². The summed E-state index contributed by atoms with van der Waals surface area (Å²) in [6.07, 6.45) is 4.39. The van der Waals surface area contributed by atoms with Crippen LogP contribution < -0.4 is 16.1 Å². The number of amides is 1. The summed E-state index contributed by atoms with van der Waals surface area (Å²) in [5.41, 5.74) is 11.9. The third-order valence-electron chi connectivity index (χ3n) is 5.89. The molecule has 1 aromatic heterocycles. The molecule has 0 aliphatic carbocycles. The maximum absolute atomic E-state index is 13.3. The number of nitrogens with two attached hydrogens (primary N) is 1. The Bertz CT molecular complexity index is 1170. The van der Waals surface area contributed by atoms with Gasteiger partial charge in [-0.1, -0.05) is 29.8 Å². The second-order valence-electron chi connectivity index (χ2n) is 7.98. The van der Waals surface area contributed by atoms with E-state index < -0.39 is 6.09 Å². The predicted molar refractivity (Wildman–Crippen MR) is 133 cm³/mol. The zero-order valence-corrected chi connectivity index (χ0v) is 19.5. The van der Waals surface area contributed by atoms with Crippen LogP contribution in [0.25, 0.3) is 0 Å². The fraction of sp³-hybridized carbons (Fsp3) is 0.240. The summed E-state index contributed by atoms with van der Waals surface area (Å²) < 4.78 is 5.05. The number of rotatable bonds is 6. The normalized spacial score (nSPS) is 13.9. The van der Waals surface area contributed by atoms with Gasteiger partial charge in [0.2, 0.25) is 0 Å². The lowest BCUT2D eigenvalue weighted by atomic mass is 10.0. The van der Waals surface area contributed by atoms with Crippen molar-refractivity contribution >= 4 is 40.5 Å². The highest BCUT2D eigenvalue weighted by molar-refractivity contribution is 6.31. The van der Waals surface area contributed by atoms with Crippen LogP contribution in [0.4, 0.5) is 21.9 Å². The zero-order valence-electron chi connectivity index (χ0n) is 18.8. The minimum Gasteiger partial charge on any atom is -0.452 e. The van der Waals surface area contributed by atoms with Crippen LogP contribution in [0.5, 0.6) is 0 Å². The summed E-state index contributed by atoms with van der Waals surface area (Å²) >= 11 is 6.08. The van der Waals surface area contributed by atoms with Crippen molar-refractivity contribution in [2.45, 2.75) is 18.9 Å². The summed E-state index contributed by atoms with van der Waals surface area (Å²) in [5.74, 6) is -0.255. The summed E-state index contributed by atoms with van der Waals surface area (Å²) in [4.78, 5) is 32.3. The molecule has 1 saturated heterocycles. The topological polar surface area (TPSA) is 101 Å². The Kier molecular flexibility index (Phi) is 7.18. The minimum atomic E-state index is -0.549. The summed E-state index contributed by atoms with van der Waals surface area (Å²) in [7, 11) is 1.33. The van der Waals surface area contributed by atoms with Crippen molar-refractivity contribution in [3.63, 3.8) is 0 Å². The molecule has 2 aromatic carbocycles. The Morgan fingerprint density at radius 3 is 2.50 bits per heavy atom. The van der Waals surface area contributed by atoms with Crippen molar-refractivity contribution in [3.05, 3.63) is 83.1 Å². The Balaban J connectivity index is 1.58. The van der Waals surface area contributed by atoms with Gasteiger partial charge in [0.05, 0.1) is 24.5 Å². The molecular formula is C25H26ClN5O3. The number of ketones is 1. The first-order valence-electron chi connectivity index (χ1n) is 11.0. The van der Waals surface area contributed by atoms with Crippen LogP contribution in [0.1, 0.15) is 28.8 Å². The van der Waals surface area contributed by atoms with Crippen LogP contribution >= 0.6 is 11.6 Å². The van der Waals surface area contributed by atoms with Gasteiger partial charge in [-0.15, -0.1) is 0 Å². The van der Waals surface area contributed by atoms with Gasteiger partial charge < -0.3 is 15.4 Å². The Hall–Kier alpha value is -3.78. The number of carbonyl (C=O) groups is 2. The number of anilines is 3. The molecule has 0 saturated carbocycles. The number of nitrogens with one attached hydrogen (secondary N) is 1. The lowest BCUT2D eigenvalue weighted by Crippen LogP contribution is -2.50. The second-order valence-corrected chi connectivity index (χ2v) is 8.42. The fourth-order valence-electron chi connectivity index (χ4n) is 4.11. The van der Waals surface area contributed by atoms with Crippen LogP contribution in [0.15, 0.2) is 67.0 Å². The minimum absolute atomic E-state index is 0.153. The van der Waals surface area contributed by atoms with Crippen LogP contribution in [-0.2, 0) is 4.74 Å². The fourth-order valence-corrected chi connectivity index (χ4v) is 4.30. The molecule has 176 valence electrons. The predicted octanol–water partition coefficient (Wildman–Crippen LogP) is 4.61. The van der Waals surface area contributed by atoms with Crippen molar-refractivity contribution in [1.82, 2.24) is 9.99 Å². The van der Waals surface area contributed by atoms with Crippen LogP contribution in [0, 0.1) is 0 Å². The highest BCUT2D eigenvalue weighted by Gasteiger charge is 2.30. The SMILES string of the molecule is COC(=O)N(Nc1c(N)cccc1C(=O)c1cccc(Cl)c1)C1CCN(c2ccncc2)CC1. The molecule has 3 N–H and O–H groups in total. The van der Waals surface area contributed by atoms with Gasteiger partial charge in [-0.25, -0.2) is 9.80 Å².